The molecule has 3 nitrogen and oxygen atoms in total. The molecule has 1 aromatic carbocycles. The first-order valence-corrected chi connectivity index (χ1v) is 7.22. The van der Waals surface area contributed by atoms with Gasteiger partial charge in [-0.1, -0.05) is 31.0 Å². The second-order valence-electron chi connectivity index (χ2n) is 4.44. The molecule has 1 rings (SSSR count). The van der Waals surface area contributed by atoms with Crippen LogP contribution in [0.15, 0.2) is 12.1 Å². The van der Waals surface area contributed by atoms with Gasteiger partial charge in [0.2, 0.25) is 0 Å². The predicted octanol–water partition coefficient (Wildman–Crippen LogP) is 3.68. The fraction of sp³-hybridized carbons (Fsp3) is 0.600. The summed E-state index contributed by atoms with van der Waals surface area (Å²) in [6.45, 7) is 4.27. The van der Waals surface area contributed by atoms with Crippen LogP contribution in [-0.4, -0.2) is 27.3 Å². The Morgan fingerprint density at radius 1 is 1.11 bits per heavy atom. The molecular formula is C15H24ClNO2. The highest BCUT2D eigenvalue weighted by atomic mass is 35.5. The molecule has 0 bridgehead atoms. The molecule has 0 saturated heterocycles. The van der Waals surface area contributed by atoms with Crippen molar-refractivity contribution in [2.45, 2.75) is 32.6 Å². The minimum atomic E-state index is 0.565. The van der Waals surface area contributed by atoms with Gasteiger partial charge in [0.05, 0.1) is 14.2 Å². The van der Waals surface area contributed by atoms with E-state index in [2.05, 4.69) is 12.2 Å². The highest BCUT2D eigenvalue weighted by Gasteiger charge is 2.12. The smallest absolute Gasteiger partial charge is 0.144 e. The van der Waals surface area contributed by atoms with Crippen LogP contribution >= 0.6 is 11.6 Å². The van der Waals surface area contributed by atoms with Crippen molar-refractivity contribution in [2.75, 3.05) is 27.3 Å². The average molecular weight is 286 g/mol. The third-order valence-electron chi connectivity index (χ3n) is 3.12. The van der Waals surface area contributed by atoms with Gasteiger partial charge in [-0.05, 0) is 44.0 Å². The number of nitrogens with one attached hydrogen (secondary N) is 1. The minimum Gasteiger partial charge on any atom is -0.495 e. The first-order valence-electron chi connectivity index (χ1n) is 6.84. The molecule has 0 saturated carbocycles. The number of benzene rings is 1. The number of ether oxygens (including phenoxy) is 2. The minimum absolute atomic E-state index is 0.565. The van der Waals surface area contributed by atoms with E-state index in [9.17, 15) is 0 Å². The molecule has 0 spiro atoms. The Morgan fingerprint density at radius 3 is 2.53 bits per heavy atom. The summed E-state index contributed by atoms with van der Waals surface area (Å²) in [4.78, 5) is 0. The Labute approximate surface area is 121 Å². The van der Waals surface area contributed by atoms with Crippen LogP contribution in [0.25, 0.3) is 0 Å². The van der Waals surface area contributed by atoms with Gasteiger partial charge in [-0.2, -0.15) is 0 Å². The van der Waals surface area contributed by atoms with Gasteiger partial charge in [-0.3, -0.25) is 0 Å². The Morgan fingerprint density at radius 2 is 1.89 bits per heavy atom. The summed E-state index contributed by atoms with van der Waals surface area (Å²) in [6, 6.07) is 3.94. The van der Waals surface area contributed by atoms with E-state index >= 15 is 0 Å². The van der Waals surface area contributed by atoms with Crippen molar-refractivity contribution in [2.24, 2.45) is 0 Å². The van der Waals surface area contributed by atoms with E-state index in [-0.39, 0.29) is 0 Å². The molecule has 0 aliphatic heterocycles. The van der Waals surface area contributed by atoms with Gasteiger partial charge >= 0.3 is 0 Å². The summed E-state index contributed by atoms with van der Waals surface area (Å²) in [5.41, 5.74) is 1.15. The van der Waals surface area contributed by atoms with E-state index < -0.39 is 0 Å². The van der Waals surface area contributed by atoms with E-state index in [0.717, 1.165) is 37.2 Å². The maximum Gasteiger partial charge on any atom is 0.144 e. The molecular weight excluding hydrogens is 262 g/mol. The van der Waals surface area contributed by atoms with Crippen molar-refractivity contribution >= 4 is 11.6 Å². The lowest BCUT2D eigenvalue weighted by Gasteiger charge is -2.13. The van der Waals surface area contributed by atoms with Crippen LogP contribution in [0.5, 0.6) is 11.5 Å². The Kier molecular flexibility index (Phi) is 7.68. The van der Waals surface area contributed by atoms with E-state index in [1.807, 2.05) is 12.1 Å². The van der Waals surface area contributed by atoms with Crippen molar-refractivity contribution in [3.63, 3.8) is 0 Å². The van der Waals surface area contributed by atoms with Gasteiger partial charge in [0, 0.05) is 0 Å². The monoisotopic (exact) mass is 285 g/mol. The largest absolute Gasteiger partial charge is 0.495 e. The van der Waals surface area contributed by atoms with Gasteiger partial charge in [-0.15, -0.1) is 0 Å². The molecule has 0 radical (unpaired) electrons. The van der Waals surface area contributed by atoms with Gasteiger partial charge in [0.1, 0.15) is 16.5 Å². The van der Waals surface area contributed by atoms with Gasteiger partial charge < -0.3 is 14.8 Å². The number of unbranched alkanes of at least 4 members (excludes halogenated alkanes) is 2. The molecule has 0 atom stereocenters. The number of aryl methyl sites for hydroxylation is 1. The van der Waals surface area contributed by atoms with Crippen LogP contribution in [0.1, 0.15) is 31.7 Å². The fourth-order valence-corrected chi connectivity index (χ4v) is 2.41. The SMILES string of the molecule is CCNCCCCCc1ccc(OC)c(Cl)c1OC. The van der Waals surface area contributed by atoms with Gasteiger partial charge in [0.25, 0.3) is 0 Å². The highest BCUT2D eigenvalue weighted by molar-refractivity contribution is 6.33. The summed E-state index contributed by atoms with van der Waals surface area (Å²) < 4.78 is 10.6. The van der Waals surface area contributed by atoms with Crippen molar-refractivity contribution < 1.29 is 9.47 Å². The molecule has 0 aromatic heterocycles. The average Bonchev–Trinajstić information content (AvgIpc) is 2.43. The highest BCUT2D eigenvalue weighted by Crippen LogP contribution is 2.37. The van der Waals surface area contributed by atoms with E-state index in [1.165, 1.54) is 12.8 Å². The Bertz CT molecular complexity index is 383. The lowest BCUT2D eigenvalue weighted by Crippen LogP contribution is -2.13. The number of halogens is 1. The molecule has 108 valence electrons. The zero-order valence-electron chi connectivity index (χ0n) is 12.1. The first-order chi connectivity index (χ1) is 9.24. The number of methoxy groups -OCH3 is 2. The van der Waals surface area contributed by atoms with Crippen molar-refractivity contribution in [3.8, 4) is 11.5 Å². The molecule has 1 N–H and O–H groups in total. The molecule has 4 heteroatoms. The molecule has 0 amide bonds. The molecule has 0 aliphatic carbocycles. The number of hydrogen-bond acceptors (Lipinski definition) is 3. The van der Waals surface area contributed by atoms with E-state index in [4.69, 9.17) is 21.1 Å². The Balaban J connectivity index is 2.51. The molecule has 0 fully saturated rings. The third kappa shape index (κ3) is 4.92. The van der Waals surface area contributed by atoms with Crippen LogP contribution in [0.3, 0.4) is 0 Å². The normalized spacial score (nSPS) is 10.5. The van der Waals surface area contributed by atoms with Gasteiger partial charge in [-0.25, -0.2) is 0 Å². The zero-order chi connectivity index (χ0) is 14.1. The van der Waals surface area contributed by atoms with Crippen LogP contribution in [0.4, 0.5) is 0 Å². The van der Waals surface area contributed by atoms with Crippen molar-refractivity contribution in [1.82, 2.24) is 5.32 Å². The second kappa shape index (κ2) is 9.05. The van der Waals surface area contributed by atoms with Crippen LogP contribution < -0.4 is 14.8 Å². The van der Waals surface area contributed by atoms with E-state index in [1.54, 1.807) is 14.2 Å². The molecule has 19 heavy (non-hydrogen) atoms. The maximum atomic E-state index is 6.24. The maximum absolute atomic E-state index is 6.24. The molecule has 0 heterocycles. The topological polar surface area (TPSA) is 30.5 Å². The summed E-state index contributed by atoms with van der Waals surface area (Å²) in [5.74, 6) is 1.40. The van der Waals surface area contributed by atoms with E-state index in [0.29, 0.717) is 10.8 Å². The molecule has 0 aliphatic rings. The number of hydrogen-bond donors (Lipinski definition) is 1. The Hall–Kier alpha value is -0.930. The third-order valence-corrected chi connectivity index (χ3v) is 3.47. The molecule has 0 unspecified atom stereocenters. The summed E-state index contributed by atoms with van der Waals surface area (Å²) in [5, 5.41) is 3.90. The fourth-order valence-electron chi connectivity index (χ4n) is 2.07. The molecule has 1 aromatic rings. The first kappa shape index (κ1) is 16.1. The lowest BCUT2D eigenvalue weighted by atomic mass is 10.1. The van der Waals surface area contributed by atoms with Crippen LogP contribution in [0.2, 0.25) is 5.02 Å². The van der Waals surface area contributed by atoms with Crippen molar-refractivity contribution in [1.29, 1.82) is 0 Å². The standard InChI is InChI=1S/C15H24ClNO2/c1-4-17-11-7-5-6-8-12-9-10-13(18-2)14(16)15(12)19-3/h9-10,17H,4-8,11H2,1-3H3. The number of rotatable bonds is 9. The second-order valence-corrected chi connectivity index (χ2v) is 4.82. The van der Waals surface area contributed by atoms with Crippen LogP contribution in [0, 0.1) is 0 Å². The van der Waals surface area contributed by atoms with Crippen LogP contribution in [-0.2, 0) is 6.42 Å². The predicted molar refractivity (Wildman–Crippen MR) is 80.7 cm³/mol. The van der Waals surface area contributed by atoms with Gasteiger partial charge in [0.15, 0.2) is 0 Å². The van der Waals surface area contributed by atoms with Crippen molar-refractivity contribution in [3.05, 3.63) is 22.7 Å². The summed E-state index contributed by atoms with van der Waals surface area (Å²) in [6.07, 6.45) is 4.54. The summed E-state index contributed by atoms with van der Waals surface area (Å²) in [7, 11) is 3.26. The quantitative estimate of drug-likeness (QED) is 0.702. The summed E-state index contributed by atoms with van der Waals surface area (Å²) >= 11 is 6.24. The zero-order valence-corrected chi connectivity index (χ0v) is 12.8. The lowest BCUT2D eigenvalue weighted by molar-refractivity contribution is 0.391.